The van der Waals surface area contributed by atoms with Crippen LogP contribution in [0.5, 0.6) is 0 Å². The first-order valence-corrected chi connectivity index (χ1v) is 16.1. The molecule has 2 heterocycles. The van der Waals surface area contributed by atoms with Crippen molar-refractivity contribution < 1.29 is 24.5 Å². The highest BCUT2D eigenvalue weighted by Gasteiger charge is 2.40. The maximum absolute atomic E-state index is 12.4. The number of aliphatic hydroxyl groups excluding tert-OH is 2. The summed E-state index contributed by atoms with van der Waals surface area (Å²) in [5.41, 5.74) is 6.95. The van der Waals surface area contributed by atoms with E-state index in [1.807, 2.05) is 78.9 Å². The summed E-state index contributed by atoms with van der Waals surface area (Å²) in [6, 6.07) is 34.0. The number of carbonyl (C=O) groups excluding carboxylic acids is 1. The topological polar surface area (TPSA) is 103 Å². The van der Waals surface area contributed by atoms with Crippen molar-refractivity contribution in [3.05, 3.63) is 131 Å². The largest absolute Gasteiger partial charge is 0.392 e. The molecule has 240 valence electrons. The van der Waals surface area contributed by atoms with E-state index in [2.05, 4.69) is 46.7 Å². The lowest BCUT2D eigenvalue weighted by atomic mass is 9.90. The number of hydrogen-bond donors (Lipinski definition) is 4. The molecule has 4 N–H and O–H groups in total. The Morgan fingerprint density at radius 1 is 0.804 bits per heavy atom. The molecule has 2 aliphatic heterocycles. The lowest BCUT2D eigenvalue weighted by Crippen LogP contribution is -2.44. The number of hydrogen-bond acceptors (Lipinski definition) is 6. The van der Waals surface area contributed by atoms with Crippen LogP contribution >= 0.6 is 0 Å². The van der Waals surface area contributed by atoms with Crippen LogP contribution in [0.3, 0.4) is 0 Å². The summed E-state index contributed by atoms with van der Waals surface area (Å²) in [5.74, 6) is 0.0752. The molecule has 0 spiro atoms. The van der Waals surface area contributed by atoms with Crippen LogP contribution in [0.4, 0.5) is 4.79 Å². The molecule has 0 bridgehead atoms. The zero-order valence-corrected chi connectivity index (χ0v) is 26.2. The second kappa shape index (κ2) is 15.0. The zero-order valence-electron chi connectivity index (χ0n) is 26.2. The summed E-state index contributed by atoms with van der Waals surface area (Å²) in [7, 11) is 0. The summed E-state index contributed by atoms with van der Waals surface area (Å²) in [4.78, 5) is 14.7. The molecule has 8 nitrogen and oxygen atoms in total. The van der Waals surface area contributed by atoms with Gasteiger partial charge in [-0.05, 0) is 51.9 Å². The van der Waals surface area contributed by atoms with E-state index in [0.717, 1.165) is 58.5 Å². The van der Waals surface area contributed by atoms with Crippen LogP contribution in [-0.2, 0) is 29.2 Å². The molecule has 5 atom stereocenters. The maximum Gasteiger partial charge on any atom is 0.315 e. The average Bonchev–Trinajstić information content (AvgIpc) is 3.52. The second-order valence-electron chi connectivity index (χ2n) is 12.4. The fraction of sp³-hybridized carbons (Fsp3) is 0.342. The summed E-state index contributed by atoms with van der Waals surface area (Å²) < 4.78 is 13.4. The minimum atomic E-state index is -0.575. The number of benzene rings is 4. The average molecular weight is 622 g/mol. The number of carbonyl (C=O) groups is 1. The van der Waals surface area contributed by atoms with Gasteiger partial charge in [-0.3, -0.25) is 4.90 Å². The van der Waals surface area contributed by atoms with Gasteiger partial charge in [0.2, 0.25) is 0 Å². The first kappa shape index (κ1) is 31.9. The molecule has 4 aromatic carbocycles. The predicted octanol–water partition coefficient (Wildman–Crippen LogP) is 5.70. The van der Waals surface area contributed by atoms with Crippen LogP contribution in [0.1, 0.15) is 53.6 Å². The molecule has 4 aromatic rings. The minimum Gasteiger partial charge on any atom is -0.392 e. The van der Waals surface area contributed by atoms with Crippen LogP contribution in [0, 0.1) is 5.92 Å². The molecule has 0 aromatic heterocycles. The molecule has 0 aliphatic carbocycles. The molecule has 2 aliphatic rings. The van der Waals surface area contributed by atoms with Gasteiger partial charge in [-0.25, -0.2) is 4.79 Å². The summed E-state index contributed by atoms with van der Waals surface area (Å²) >= 11 is 0. The minimum absolute atomic E-state index is 0.00147. The van der Waals surface area contributed by atoms with Crippen molar-refractivity contribution in [1.29, 1.82) is 0 Å². The molecule has 5 unspecified atom stereocenters. The number of amides is 2. The van der Waals surface area contributed by atoms with Gasteiger partial charge in [0.15, 0.2) is 6.29 Å². The molecule has 0 radical (unpaired) electrons. The van der Waals surface area contributed by atoms with Crippen molar-refractivity contribution in [3.63, 3.8) is 0 Å². The molecule has 2 amide bonds. The van der Waals surface area contributed by atoms with E-state index in [-0.39, 0.29) is 36.9 Å². The van der Waals surface area contributed by atoms with Gasteiger partial charge in [0.25, 0.3) is 0 Å². The quantitative estimate of drug-likeness (QED) is 0.181. The van der Waals surface area contributed by atoms with Gasteiger partial charge in [0, 0.05) is 44.2 Å². The normalized spacial score (nSPS) is 23.2. The fourth-order valence-electron chi connectivity index (χ4n) is 6.31. The van der Waals surface area contributed by atoms with E-state index in [9.17, 15) is 15.0 Å². The van der Waals surface area contributed by atoms with Crippen molar-refractivity contribution in [2.24, 2.45) is 5.92 Å². The number of nitrogens with zero attached hydrogens (tertiary/aromatic N) is 1. The first-order chi connectivity index (χ1) is 22.4. The third-order valence-corrected chi connectivity index (χ3v) is 8.98. The fourth-order valence-corrected chi connectivity index (χ4v) is 6.31. The van der Waals surface area contributed by atoms with Gasteiger partial charge in [-0.1, -0.05) is 97.9 Å². The Bertz CT molecular complexity index is 1580. The Labute approximate surface area is 271 Å². The highest BCUT2D eigenvalue weighted by Crippen LogP contribution is 2.42. The van der Waals surface area contributed by atoms with Gasteiger partial charge in [0.1, 0.15) is 0 Å². The van der Waals surface area contributed by atoms with Gasteiger partial charge in [-0.15, -0.1) is 0 Å². The summed E-state index contributed by atoms with van der Waals surface area (Å²) in [6.07, 6.45) is -0.386. The number of aliphatic hydroxyl groups is 2. The van der Waals surface area contributed by atoms with E-state index < -0.39 is 6.29 Å². The zero-order chi connectivity index (χ0) is 31.9. The van der Waals surface area contributed by atoms with Gasteiger partial charge >= 0.3 is 6.03 Å². The smallest absolute Gasteiger partial charge is 0.315 e. The van der Waals surface area contributed by atoms with Crippen LogP contribution in [0.2, 0.25) is 0 Å². The molecule has 0 saturated carbocycles. The summed E-state index contributed by atoms with van der Waals surface area (Å²) in [6.45, 7) is 5.27. The highest BCUT2D eigenvalue weighted by molar-refractivity contribution is 5.74. The van der Waals surface area contributed by atoms with Gasteiger partial charge in [-0.2, -0.15) is 0 Å². The Kier molecular flexibility index (Phi) is 10.4. The lowest BCUT2D eigenvalue weighted by Gasteiger charge is -2.42. The van der Waals surface area contributed by atoms with E-state index in [4.69, 9.17) is 9.47 Å². The number of likely N-dealkylation sites (tertiary alicyclic amines) is 1. The monoisotopic (exact) mass is 621 g/mol. The molecule has 2 saturated heterocycles. The Morgan fingerprint density at radius 2 is 1.50 bits per heavy atom. The number of nitrogens with one attached hydrogen (secondary N) is 2. The van der Waals surface area contributed by atoms with E-state index >= 15 is 0 Å². The van der Waals surface area contributed by atoms with E-state index in [1.165, 1.54) is 0 Å². The molecule has 46 heavy (non-hydrogen) atoms. The Balaban J connectivity index is 1.17. The Morgan fingerprint density at radius 3 is 2.22 bits per heavy atom. The Hall–Kier alpha value is -4.05. The van der Waals surface area contributed by atoms with Crippen LogP contribution in [0.25, 0.3) is 11.1 Å². The van der Waals surface area contributed by atoms with Crippen molar-refractivity contribution in [2.75, 3.05) is 19.6 Å². The van der Waals surface area contributed by atoms with Crippen LogP contribution < -0.4 is 10.6 Å². The van der Waals surface area contributed by atoms with Gasteiger partial charge in [0.05, 0.1) is 24.9 Å². The third-order valence-electron chi connectivity index (χ3n) is 8.98. The molecule has 8 heteroatoms. The van der Waals surface area contributed by atoms with Crippen molar-refractivity contribution >= 4 is 6.03 Å². The third kappa shape index (κ3) is 8.02. The van der Waals surface area contributed by atoms with Gasteiger partial charge < -0.3 is 30.3 Å². The SMILES string of the molecule is CC1C(CN2CCC(O)C2)OC(c2cccc(-c3cccc(CNC(=O)NCc4ccccc4)c3)c2)OC1c1ccc(CO)cc1. The second-order valence-corrected chi connectivity index (χ2v) is 12.4. The number of urea groups is 1. The van der Waals surface area contributed by atoms with Crippen LogP contribution in [0.15, 0.2) is 103 Å². The van der Waals surface area contributed by atoms with Crippen molar-refractivity contribution in [2.45, 2.75) is 57.6 Å². The highest BCUT2D eigenvalue weighted by atomic mass is 16.7. The van der Waals surface area contributed by atoms with E-state index in [1.54, 1.807) is 0 Å². The van der Waals surface area contributed by atoms with Crippen molar-refractivity contribution in [3.8, 4) is 11.1 Å². The van der Waals surface area contributed by atoms with Crippen LogP contribution in [-0.4, -0.2) is 53.0 Å². The van der Waals surface area contributed by atoms with Crippen molar-refractivity contribution in [1.82, 2.24) is 15.5 Å². The summed E-state index contributed by atoms with van der Waals surface area (Å²) in [5, 5.41) is 25.6. The standard InChI is InChI=1S/C38H43N3O5/c1-26-35(24-41-18-17-34(43)23-41)45-37(46-36(26)30-15-13-28(25-42)14-16-30)33-12-6-11-32(20-33)31-10-5-9-29(19-31)22-40-38(44)39-21-27-7-3-2-4-8-27/h2-16,19-20,26,34-37,42-43H,17-18,21-25H2,1H3,(H2,39,40,44). The predicted molar refractivity (Wildman–Crippen MR) is 177 cm³/mol. The first-order valence-electron chi connectivity index (χ1n) is 16.1. The number of β-amino-alcohol motifs (C(OH)–C–C–N with tert-alkyl or cyclic N) is 1. The molecular formula is C38H43N3O5. The molecular weight excluding hydrogens is 578 g/mol. The maximum atomic E-state index is 12.4. The lowest BCUT2D eigenvalue weighted by molar-refractivity contribution is -0.276. The number of ether oxygens (including phenoxy) is 2. The van der Waals surface area contributed by atoms with E-state index in [0.29, 0.717) is 19.6 Å². The number of rotatable bonds is 10. The molecule has 2 fully saturated rings. The molecule has 6 rings (SSSR count).